The van der Waals surface area contributed by atoms with E-state index in [-0.39, 0.29) is 0 Å². The van der Waals surface area contributed by atoms with E-state index in [1.165, 1.54) is 15.0 Å². The van der Waals surface area contributed by atoms with Crippen molar-refractivity contribution < 1.29 is 0 Å². The number of benzene rings is 1. The zero-order chi connectivity index (χ0) is 13.7. The third-order valence-corrected chi connectivity index (χ3v) is 4.22. The van der Waals surface area contributed by atoms with Crippen LogP contribution >= 0.6 is 11.3 Å². The monoisotopic (exact) mass is 276 g/mol. The van der Waals surface area contributed by atoms with Crippen molar-refractivity contribution in [1.82, 2.24) is 10.6 Å². The van der Waals surface area contributed by atoms with E-state index < -0.39 is 0 Å². The molecule has 19 heavy (non-hydrogen) atoms. The van der Waals surface area contributed by atoms with Crippen LogP contribution in [-0.4, -0.2) is 19.1 Å². The summed E-state index contributed by atoms with van der Waals surface area (Å²) in [5, 5.41) is 8.43. The molecule has 0 bridgehead atoms. The standard InChI is InChI=1S/C16H24N2S/c1-12(2)9-17-10-13(3)18-11-15-8-14-6-4-5-7-16(14)19-15/h4-8,12-13,17-18H,9-11H2,1-3H3. The van der Waals surface area contributed by atoms with Crippen LogP contribution in [0.3, 0.4) is 0 Å². The highest BCUT2D eigenvalue weighted by Gasteiger charge is 2.04. The fourth-order valence-electron chi connectivity index (χ4n) is 2.06. The van der Waals surface area contributed by atoms with Gasteiger partial charge in [-0.25, -0.2) is 0 Å². The predicted molar refractivity (Wildman–Crippen MR) is 85.8 cm³/mol. The van der Waals surface area contributed by atoms with E-state index in [1.807, 2.05) is 11.3 Å². The van der Waals surface area contributed by atoms with Gasteiger partial charge in [0.25, 0.3) is 0 Å². The first-order chi connectivity index (χ1) is 9.15. The molecule has 0 saturated carbocycles. The molecule has 2 N–H and O–H groups in total. The Bertz CT molecular complexity index is 471. The van der Waals surface area contributed by atoms with Gasteiger partial charge in [0.1, 0.15) is 0 Å². The van der Waals surface area contributed by atoms with Crippen molar-refractivity contribution in [3.8, 4) is 0 Å². The molecule has 0 spiro atoms. The second-order valence-electron chi connectivity index (χ2n) is 5.58. The van der Waals surface area contributed by atoms with Crippen molar-refractivity contribution in [2.75, 3.05) is 13.1 Å². The largest absolute Gasteiger partial charge is 0.315 e. The zero-order valence-electron chi connectivity index (χ0n) is 12.1. The van der Waals surface area contributed by atoms with Gasteiger partial charge >= 0.3 is 0 Å². The Hall–Kier alpha value is -0.900. The summed E-state index contributed by atoms with van der Waals surface area (Å²) in [6, 6.07) is 11.4. The Morgan fingerprint density at radius 3 is 2.63 bits per heavy atom. The minimum absolute atomic E-state index is 0.504. The van der Waals surface area contributed by atoms with Crippen LogP contribution in [0, 0.1) is 5.92 Å². The van der Waals surface area contributed by atoms with E-state index in [0.29, 0.717) is 6.04 Å². The molecule has 2 rings (SSSR count). The lowest BCUT2D eigenvalue weighted by molar-refractivity contribution is 0.473. The van der Waals surface area contributed by atoms with Gasteiger partial charge < -0.3 is 10.6 Å². The first kappa shape index (κ1) is 14.5. The molecule has 104 valence electrons. The molecule has 1 aromatic heterocycles. The van der Waals surface area contributed by atoms with Gasteiger partial charge in [-0.1, -0.05) is 32.0 Å². The molecular weight excluding hydrogens is 252 g/mol. The highest BCUT2D eigenvalue weighted by Crippen LogP contribution is 2.24. The smallest absolute Gasteiger partial charge is 0.0346 e. The van der Waals surface area contributed by atoms with E-state index in [1.54, 1.807) is 0 Å². The predicted octanol–water partition coefficient (Wildman–Crippen LogP) is 3.63. The Morgan fingerprint density at radius 2 is 1.89 bits per heavy atom. The maximum atomic E-state index is 3.58. The van der Waals surface area contributed by atoms with Crippen molar-refractivity contribution in [1.29, 1.82) is 0 Å². The van der Waals surface area contributed by atoms with Crippen molar-refractivity contribution in [2.45, 2.75) is 33.4 Å². The summed E-state index contributed by atoms with van der Waals surface area (Å²) in [7, 11) is 0. The maximum absolute atomic E-state index is 3.58. The summed E-state index contributed by atoms with van der Waals surface area (Å²) in [5.41, 5.74) is 0. The Balaban J connectivity index is 1.78. The average Bonchev–Trinajstić information content (AvgIpc) is 2.78. The van der Waals surface area contributed by atoms with Crippen LogP contribution < -0.4 is 10.6 Å². The molecule has 1 aromatic carbocycles. The van der Waals surface area contributed by atoms with Gasteiger partial charge in [-0.3, -0.25) is 0 Å². The minimum Gasteiger partial charge on any atom is -0.315 e. The maximum Gasteiger partial charge on any atom is 0.0346 e. The quantitative estimate of drug-likeness (QED) is 0.807. The molecule has 0 radical (unpaired) electrons. The van der Waals surface area contributed by atoms with Gasteiger partial charge in [-0.05, 0) is 36.9 Å². The van der Waals surface area contributed by atoms with Crippen LogP contribution in [-0.2, 0) is 6.54 Å². The molecule has 0 aliphatic heterocycles. The first-order valence-electron chi connectivity index (χ1n) is 7.06. The zero-order valence-corrected chi connectivity index (χ0v) is 12.9. The summed E-state index contributed by atoms with van der Waals surface area (Å²) in [6.07, 6.45) is 0. The van der Waals surface area contributed by atoms with E-state index in [0.717, 1.165) is 25.6 Å². The third kappa shape index (κ3) is 4.60. The minimum atomic E-state index is 0.504. The molecule has 1 unspecified atom stereocenters. The number of hydrogen-bond acceptors (Lipinski definition) is 3. The van der Waals surface area contributed by atoms with Crippen LogP contribution in [0.2, 0.25) is 0 Å². The molecule has 0 saturated heterocycles. The van der Waals surface area contributed by atoms with Crippen molar-refractivity contribution in [3.05, 3.63) is 35.2 Å². The van der Waals surface area contributed by atoms with E-state index in [9.17, 15) is 0 Å². The lowest BCUT2D eigenvalue weighted by Gasteiger charge is -2.15. The van der Waals surface area contributed by atoms with E-state index >= 15 is 0 Å². The average molecular weight is 276 g/mol. The summed E-state index contributed by atoms with van der Waals surface area (Å²) in [5.74, 6) is 0.717. The Morgan fingerprint density at radius 1 is 1.11 bits per heavy atom. The summed E-state index contributed by atoms with van der Waals surface area (Å²) in [4.78, 5) is 1.41. The molecule has 1 heterocycles. The van der Waals surface area contributed by atoms with Gasteiger partial charge in [0.2, 0.25) is 0 Å². The van der Waals surface area contributed by atoms with Gasteiger partial charge in [-0.15, -0.1) is 11.3 Å². The van der Waals surface area contributed by atoms with Gasteiger partial charge in [0, 0.05) is 28.7 Å². The molecule has 0 aliphatic carbocycles. The molecule has 2 aromatic rings. The molecule has 0 fully saturated rings. The molecule has 2 nitrogen and oxygen atoms in total. The van der Waals surface area contributed by atoms with E-state index in [4.69, 9.17) is 0 Å². The summed E-state index contributed by atoms with van der Waals surface area (Å²) in [6.45, 7) is 9.80. The van der Waals surface area contributed by atoms with Crippen molar-refractivity contribution in [3.63, 3.8) is 0 Å². The van der Waals surface area contributed by atoms with Crippen LogP contribution in [0.15, 0.2) is 30.3 Å². The number of thiophene rings is 1. The number of nitrogens with one attached hydrogen (secondary N) is 2. The van der Waals surface area contributed by atoms with Crippen LogP contribution in [0.5, 0.6) is 0 Å². The highest BCUT2D eigenvalue weighted by atomic mass is 32.1. The van der Waals surface area contributed by atoms with Gasteiger partial charge in [-0.2, -0.15) is 0 Å². The van der Waals surface area contributed by atoms with Crippen molar-refractivity contribution >= 4 is 21.4 Å². The molecule has 0 aliphatic rings. The van der Waals surface area contributed by atoms with Crippen LogP contribution in [0.25, 0.3) is 10.1 Å². The second kappa shape index (κ2) is 7.04. The van der Waals surface area contributed by atoms with Crippen LogP contribution in [0.4, 0.5) is 0 Å². The number of rotatable bonds is 7. The number of hydrogen-bond donors (Lipinski definition) is 2. The SMILES string of the molecule is CC(C)CNCC(C)NCc1cc2ccccc2s1. The first-order valence-corrected chi connectivity index (χ1v) is 7.88. The van der Waals surface area contributed by atoms with Crippen LogP contribution in [0.1, 0.15) is 25.6 Å². The third-order valence-electron chi connectivity index (χ3n) is 3.10. The van der Waals surface area contributed by atoms with Gasteiger partial charge in [0.15, 0.2) is 0 Å². The van der Waals surface area contributed by atoms with Crippen molar-refractivity contribution in [2.24, 2.45) is 5.92 Å². The summed E-state index contributed by atoms with van der Waals surface area (Å²) < 4.78 is 1.38. The number of fused-ring (bicyclic) bond motifs is 1. The molecule has 0 amide bonds. The van der Waals surface area contributed by atoms with Gasteiger partial charge in [0.05, 0.1) is 0 Å². The Kier molecular flexibility index (Phi) is 5.37. The van der Waals surface area contributed by atoms with E-state index in [2.05, 4.69) is 61.7 Å². The summed E-state index contributed by atoms with van der Waals surface area (Å²) >= 11 is 1.89. The topological polar surface area (TPSA) is 24.1 Å². The lowest BCUT2D eigenvalue weighted by atomic mass is 10.2. The highest BCUT2D eigenvalue weighted by molar-refractivity contribution is 7.19. The normalized spacial score (nSPS) is 13.3. The fraction of sp³-hybridized carbons (Fsp3) is 0.500. The molecule has 1 atom stereocenters. The fourth-order valence-corrected chi connectivity index (χ4v) is 3.07. The molecule has 3 heteroatoms. The second-order valence-corrected chi connectivity index (χ2v) is 6.75. The lowest BCUT2D eigenvalue weighted by Crippen LogP contribution is -2.37. The molecular formula is C16H24N2S. The Labute approximate surface area is 120 Å².